The highest BCUT2D eigenvalue weighted by molar-refractivity contribution is 6.27. The predicted octanol–water partition coefficient (Wildman–Crippen LogP) is 15.8. The van der Waals surface area contributed by atoms with Crippen LogP contribution in [-0.4, -0.2) is 4.57 Å². The van der Waals surface area contributed by atoms with Crippen LogP contribution < -0.4 is 4.90 Å². The Bertz CT molecular complexity index is 3260. The van der Waals surface area contributed by atoms with Crippen LogP contribution in [0.5, 0.6) is 0 Å². The van der Waals surface area contributed by atoms with E-state index in [0.29, 0.717) is 0 Å². The Kier molecular flexibility index (Phi) is 7.78. The summed E-state index contributed by atoms with van der Waals surface area (Å²) >= 11 is 0. The van der Waals surface area contributed by atoms with Gasteiger partial charge in [0, 0.05) is 32.7 Å². The maximum atomic E-state index is 2.51. The normalized spacial score (nSPS) is 12.1. The molecule has 0 atom stereocenters. The standard InChI is InChI=1S/C56H42N2/c1-56(2,3)41-31-25-38(26-32-41)43-18-8-12-22-49(43)57(48-21-11-7-17-42(48)37-15-5-4-6-16-37)52-35-29-39-28-34-47-53(36-30-40-27-33-46(52)54(39)55(40)47)58-50-23-13-9-19-44(50)45-20-10-14-24-51(45)58/h4-36H,1-3H3. The molecule has 0 amide bonds. The van der Waals surface area contributed by atoms with Crippen molar-refractivity contribution in [2.45, 2.75) is 26.2 Å². The number of benzene rings is 10. The van der Waals surface area contributed by atoms with E-state index in [1.807, 2.05) is 0 Å². The minimum Gasteiger partial charge on any atom is -0.309 e. The first-order valence-electron chi connectivity index (χ1n) is 20.3. The summed E-state index contributed by atoms with van der Waals surface area (Å²) in [6.07, 6.45) is 0. The average molecular weight is 743 g/mol. The van der Waals surface area contributed by atoms with Crippen LogP contribution in [0.2, 0.25) is 0 Å². The lowest BCUT2D eigenvalue weighted by Gasteiger charge is -2.31. The Labute approximate surface area is 339 Å². The largest absolute Gasteiger partial charge is 0.309 e. The first kappa shape index (κ1) is 34.1. The zero-order valence-corrected chi connectivity index (χ0v) is 32.9. The van der Waals surface area contributed by atoms with Gasteiger partial charge in [-0.2, -0.15) is 0 Å². The number of aromatic nitrogens is 1. The summed E-state index contributed by atoms with van der Waals surface area (Å²) in [7, 11) is 0. The summed E-state index contributed by atoms with van der Waals surface area (Å²) in [5.41, 5.74) is 13.2. The monoisotopic (exact) mass is 742 g/mol. The van der Waals surface area contributed by atoms with Gasteiger partial charge in [0.1, 0.15) is 0 Å². The molecule has 2 heteroatoms. The van der Waals surface area contributed by atoms with Crippen LogP contribution in [0.25, 0.3) is 82.1 Å². The van der Waals surface area contributed by atoms with Crippen molar-refractivity contribution in [2.75, 3.05) is 4.90 Å². The zero-order valence-electron chi connectivity index (χ0n) is 32.9. The van der Waals surface area contributed by atoms with Crippen molar-refractivity contribution < 1.29 is 0 Å². The minimum absolute atomic E-state index is 0.0713. The van der Waals surface area contributed by atoms with Crippen LogP contribution in [0.4, 0.5) is 17.1 Å². The maximum Gasteiger partial charge on any atom is 0.0541 e. The van der Waals surface area contributed by atoms with Gasteiger partial charge in [0.05, 0.1) is 33.8 Å². The zero-order chi connectivity index (χ0) is 39.0. The molecule has 276 valence electrons. The first-order valence-corrected chi connectivity index (χ1v) is 20.3. The van der Waals surface area contributed by atoms with E-state index in [0.717, 1.165) is 17.1 Å². The van der Waals surface area contributed by atoms with Gasteiger partial charge < -0.3 is 9.47 Å². The SMILES string of the molecule is CC(C)(C)c1ccc(-c2ccccc2N(c2ccccc2-c2ccccc2)c2ccc3ccc4c(-n5c6ccccc6c6ccccc65)ccc5ccc2c3c54)cc1. The van der Waals surface area contributed by atoms with E-state index in [-0.39, 0.29) is 5.41 Å². The number of para-hydroxylation sites is 4. The molecule has 11 rings (SSSR count). The Hall–Kier alpha value is -7.16. The van der Waals surface area contributed by atoms with E-state index in [9.17, 15) is 0 Å². The molecule has 0 aliphatic heterocycles. The van der Waals surface area contributed by atoms with Gasteiger partial charge in [0.15, 0.2) is 0 Å². The third kappa shape index (κ3) is 5.33. The Morgan fingerprint density at radius 2 is 0.845 bits per heavy atom. The molecule has 0 radical (unpaired) electrons. The molecule has 0 N–H and O–H groups in total. The number of anilines is 3. The molecule has 1 heterocycles. The summed E-state index contributed by atoms with van der Waals surface area (Å²) in [4.78, 5) is 2.51. The van der Waals surface area contributed by atoms with Crippen LogP contribution in [0, 0.1) is 0 Å². The molecule has 2 nitrogen and oxygen atoms in total. The van der Waals surface area contributed by atoms with Gasteiger partial charge in [0.25, 0.3) is 0 Å². The quantitative estimate of drug-likeness (QED) is 0.154. The second-order valence-electron chi connectivity index (χ2n) is 16.5. The molecule has 58 heavy (non-hydrogen) atoms. The van der Waals surface area contributed by atoms with Crippen molar-refractivity contribution in [1.82, 2.24) is 4.57 Å². The highest BCUT2D eigenvalue weighted by Crippen LogP contribution is 2.49. The third-order valence-corrected chi connectivity index (χ3v) is 12.1. The highest BCUT2D eigenvalue weighted by atomic mass is 15.1. The summed E-state index contributed by atoms with van der Waals surface area (Å²) in [5, 5.41) is 10.0. The maximum absolute atomic E-state index is 2.51. The van der Waals surface area contributed by atoms with Gasteiger partial charge in [0.2, 0.25) is 0 Å². The first-order chi connectivity index (χ1) is 28.4. The molecular formula is C56H42N2. The summed E-state index contributed by atoms with van der Waals surface area (Å²) < 4.78 is 2.46. The second kappa shape index (κ2) is 13.2. The van der Waals surface area contributed by atoms with Crippen molar-refractivity contribution in [1.29, 1.82) is 0 Å². The smallest absolute Gasteiger partial charge is 0.0541 e. The van der Waals surface area contributed by atoms with E-state index in [1.54, 1.807) is 0 Å². The van der Waals surface area contributed by atoms with Gasteiger partial charge >= 0.3 is 0 Å². The molecule has 0 saturated carbocycles. The van der Waals surface area contributed by atoms with Crippen LogP contribution in [0.15, 0.2) is 200 Å². The fourth-order valence-electron chi connectivity index (χ4n) is 9.32. The number of hydrogen-bond donors (Lipinski definition) is 0. The van der Waals surface area contributed by atoms with Crippen molar-refractivity contribution in [3.8, 4) is 27.9 Å². The minimum atomic E-state index is 0.0713. The Balaban J connectivity index is 1.20. The molecule has 11 aromatic rings. The van der Waals surface area contributed by atoms with Crippen LogP contribution in [-0.2, 0) is 5.41 Å². The molecular weight excluding hydrogens is 701 g/mol. The average Bonchev–Trinajstić information content (AvgIpc) is 3.60. The molecule has 0 spiro atoms. The fourth-order valence-corrected chi connectivity index (χ4v) is 9.32. The van der Waals surface area contributed by atoms with Gasteiger partial charge in [-0.3, -0.25) is 0 Å². The second-order valence-corrected chi connectivity index (χ2v) is 16.5. The number of hydrogen-bond acceptors (Lipinski definition) is 1. The van der Waals surface area contributed by atoms with E-state index in [4.69, 9.17) is 0 Å². The lowest BCUT2D eigenvalue weighted by atomic mass is 9.86. The fraction of sp³-hybridized carbons (Fsp3) is 0.0714. The Morgan fingerprint density at radius 1 is 0.362 bits per heavy atom. The molecule has 10 aromatic carbocycles. The van der Waals surface area contributed by atoms with E-state index in [1.165, 1.54) is 87.6 Å². The molecule has 0 fully saturated rings. The number of rotatable bonds is 6. The predicted molar refractivity (Wildman–Crippen MR) is 249 cm³/mol. The Morgan fingerprint density at radius 3 is 1.47 bits per heavy atom. The van der Waals surface area contributed by atoms with Gasteiger partial charge in [-0.15, -0.1) is 0 Å². The van der Waals surface area contributed by atoms with Crippen molar-refractivity contribution >= 4 is 71.2 Å². The van der Waals surface area contributed by atoms with Crippen molar-refractivity contribution in [3.05, 3.63) is 206 Å². The van der Waals surface area contributed by atoms with Gasteiger partial charge in [-0.25, -0.2) is 0 Å². The summed E-state index contributed by atoms with van der Waals surface area (Å²) in [5.74, 6) is 0. The molecule has 0 saturated heterocycles. The van der Waals surface area contributed by atoms with E-state index in [2.05, 4.69) is 230 Å². The molecule has 0 aliphatic carbocycles. The molecule has 0 unspecified atom stereocenters. The van der Waals surface area contributed by atoms with Gasteiger partial charge in [-0.1, -0.05) is 185 Å². The molecule has 0 aliphatic rings. The van der Waals surface area contributed by atoms with Crippen LogP contribution in [0.1, 0.15) is 26.3 Å². The third-order valence-electron chi connectivity index (χ3n) is 12.1. The van der Waals surface area contributed by atoms with Crippen LogP contribution >= 0.6 is 0 Å². The number of fused-ring (bicyclic) bond motifs is 3. The van der Waals surface area contributed by atoms with Crippen molar-refractivity contribution in [3.63, 3.8) is 0 Å². The lowest BCUT2D eigenvalue weighted by Crippen LogP contribution is -2.13. The number of nitrogens with zero attached hydrogens (tertiary/aromatic N) is 2. The topological polar surface area (TPSA) is 8.17 Å². The van der Waals surface area contributed by atoms with Crippen molar-refractivity contribution in [2.24, 2.45) is 0 Å². The summed E-state index contributed by atoms with van der Waals surface area (Å²) in [6.45, 7) is 6.83. The highest BCUT2D eigenvalue weighted by Gasteiger charge is 2.24. The van der Waals surface area contributed by atoms with Gasteiger partial charge in [-0.05, 0) is 80.0 Å². The van der Waals surface area contributed by atoms with E-state index < -0.39 is 0 Å². The summed E-state index contributed by atoms with van der Waals surface area (Å²) in [6, 6.07) is 73.9. The van der Waals surface area contributed by atoms with E-state index >= 15 is 0 Å². The lowest BCUT2D eigenvalue weighted by molar-refractivity contribution is 0.590. The molecule has 0 bridgehead atoms. The molecule has 1 aromatic heterocycles. The van der Waals surface area contributed by atoms with Crippen LogP contribution in [0.3, 0.4) is 0 Å².